The number of nitrogens with zero attached hydrogens (tertiary/aromatic N) is 4. The Morgan fingerprint density at radius 3 is 1.04 bits per heavy atom. The van der Waals surface area contributed by atoms with Crippen LogP contribution in [0.2, 0.25) is 0 Å². The molecule has 4 nitrogen and oxygen atoms in total. The summed E-state index contributed by atoms with van der Waals surface area (Å²) in [6, 6.07) is 62.5. The zero-order chi connectivity index (χ0) is 36.4. The molecular formula is C50H46N4+2. The lowest BCUT2D eigenvalue weighted by atomic mass is 10.0. The van der Waals surface area contributed by atoms with E-state index in [0.717, 1.165) is 69.7 Å². The van der Waals surface area contributed by atoms with Crippen molar-refractivity contribution in [2.75, 3.05) is 9.80 Å². The van der Waals surface area contributed by atoms with Crippen molar-refractivity contribution >= 4 is 68.2 Å². The van der Waals surface area contributed by atoms with Gasteiger partial charge in [-0.3, -0.25) is 9.80 Å². The second-order valence-electron chi connectivity index (χ2n) is 14.4. The molecule has 0 saturated carbocycles. The number of aryl methyl sites for hydroxylation is 2. The summed E-state index contributed by atoms with van der Waals surface area (Å²) in [5, 5.41) is 0. The van der Waals surface area contributed by atoms with Crippen LogP contribution >= 0.6 is 0 Å². The number of benzene rings is 7. The van der Waals surface area contributed by atoms with Gasteiger partial charge in [-0.2, -0.15) is 0 Å². The fourth-order valence-corrected chi connectivity index (χ4v) is 8.16. The van der Waals surface area contributed by atoms with Gasteiger partial charge in [0.25, 0.3) is 0 Å². The normalized spacial score (nSPS) is 13.6. The quantitative estimate of drug-likeness (QED) is 0.132. The first kappa shape index (κ1) is 33.9. The average Bonchev–Trinajstić information content (AvgIpc) is 3.23. The van der Waals surface area contributed by atoms with E-state index in [1.807, 2.05) is 0 Å². The van der Waals surface area contributed by atoms with Gasteiger partial charge >= 0.3 is 0 Å². The van der Waals surface area contributed by atoms with Crippen LogP contribution in [-0.2, 0) is 12.8 Å². The molecule has 0 aromatic heterocycles. The van der Waals surface area contributed by atoms with E-state index in [-0.39, 0.29) is 0 Å². The second kappa shape index (κ2) is 14.8. The Balaban J connectivity index is 1.13. The first-order valence-corrected chi connectivity index (χ1v) is 19.6. The van der Waals surface area contributed by atoms with E-state index in [1.54, 1.807) is 0 Å². The number of fused-ring (bicyclic) bond motifs is 4. The second-order valence-corrected chi connectivity index (χ2v) is 14.4. The zero-order valence-corrected chi connectivity index (χ0v) is 31.2. The average molecular weight is 703 g/mol. The Morgan fingerprint density at radius 2 is 0.704 bits per heavy atom. The molecule has 7 aromatic rings. The molecule has 0 saturated heterocycles. The van der Waals surface area contributed by atoms with E-state index >= 15 is 0 Å². The third-order valence-corrected chi connectivity index (χ3v) is 10.8. The van der Waals surface area contributed by atoms with Crippen molar-refractivity contribution in [1.82, 2.24) is 9.80 Å². The number of hydrogen-bond donors (Lipinski definition) is 0. The van der Waals surface area contributed by atoms with Gasteiger partial charge in [0.05, 0.1) is 6.07 Å². The van der Waals surface area contributed by atoms with Gasteiger partial charge < -0.3 is 0 Å². The van der Waals surface area contributed by atoms with E-state index in [9.17, 15) is 0 Å². The first-order valence-electron chi connectivity index (χ1n) is 19.6. The molecule has 0 spiro atoms. The predicted octanol–water partition coefficient (Wildman–Crippen LogP) is 14.8. The van der Waals surface area contributed by atoms with E-state index in [2.05, 4.69) is 203 Å². The first-order chi connectivity index (χ1) is 26.7. The van der Waals surface area contributed by atoms with Crippen LogP contribution in [0.1, 0.15) is 50.7 Å². The highest BCUT2D eigenvalue weighted by Gasteiger charge is 2.43. The highest BCUT2D eigenvalue weighted by Crippen LogP contribution is 2.56. The summed E-state index contributed by atoms with van der Waals surface area (Å²) < 4.78 is 0. The maximum Gasteiger partial charge on any atom is 0.216 e. The Kier molecular flexibility index (Phi) is 9.30. The van der Waals surface area contributed by atoms with Crippen molar-refractivity contribution in [3.05, 3.63) is 181 Å². The Bertz CT molecular complexity index is 2140. The van der Waals surface area contributed by atoms with Crippen molar-refractivity contribution in [3.63, 3.8) is 0 Å². The molecule has 0 amide bonds. The van der Waals surface area contributed by atoms with E-state index in [0.29, 0.717) is 0 Å². The van der Waals surface area contributed by atoms with Crippen molar-refractivity contribution in [3.8, 4) is 0 Å². The molecule has 0 fully saturated rings. The number of unbranched alkanes of at least 4 members (excludes halogenated alkanes) is 2. The summed E-state index contributed by atoms with van der Waals surface area (Å²) in [7, 11) is 0. The van der Waals surface area contributed by atoms with Crippen LogP contribution in [0.3, 0.4) is 0 Å². The molecular weight excluding hydrogens is 657 g/mol. The lowest BCUT2D eigenvalue weighted by Crippen LogP contribution is -2.26. The summed E-state index contributed by atoms with van der Waals surface area (Å²) in [6.07, 6.45) is 7.06. The fourth-order valence-electron chi connectivity index (χ4n) is 8.16. The van der Waals surface area contributed by atoms with Crippen LogP contribution in [0.15, 0.2) is 170 Å². The summed E-state index contributed by atoms with van der Waals surface area (Å²) in [5.41, 5.74) is 16.6. The summed E-state index contributed by atoms with van der Waals surface area (Å²) in [6.45, 7) is 4.51. The molecule has 7 aromatic carbocycles. The summed E-state index contributed by atoms with van der Waals surface area (Å²) >= 11 is 0. The Hall–Kier alpha value is -5.94. The Morgan fingerprint density at radius 1 is 0.370 bits per heavy atom. The number of para-hydroxylation sites is 8. The molecule has 9 rings (SSSR count). The Labute approximate surface area is 320 Å². The minimum absolute atomic E-state index is 1.11. The number of rotatable bonds is 10. The van der Waals surface area contributed by atoms with E-state index in [1.165, 1.54) is 48.2 Å². The van der Waals surface area contributed by atoms with Gasteiger partial charge in [0, 0.05) is 47.8 Å². The van der Waals surface area contributed by atoms with Crippen LogP contribution in [0.25, 0.3) is 0 Å². The smallest absolute Gasteiger partial charge is 0.216 e. The highest BCUT2D eigenvalue weighted by atomic mass is 15.3. The van der Waals surface area contributed by atoms with Crippen LogP contribution < -0.4 is 19.6 Å². The third kappa shape index (κ3) is 6.08. The van der Waals surface area contributed by atoms with Gasteiger partial charge in [0.15, 0.2) is 11.4 Å². The standard InChI is InChI=1S/C50H46N4/c1-3-5-16-37-28-32-39(33-29-37)51-43-20-7-11-24-47(43)53(48-25-12-8-21-44(48)51)41-18-15-19-42(36-41)54-49-26-13-9-22-45(49)52(46-23-10-14-27-50(46)54)40-34-30-38(31-35-40)17-6-4-2/h7-15,18-36H,3-6,16-17H2,1-2H3/q+2. The molecule has 2 radical (unpaired) electrons. The van der Waals surface area contributed by atoms with Gasteiger partial charge in [-0.1, -0.05) is 109 Å². The SMILES string of the molecule is CCCCc1ccc(N2c3ccccc3[N+](c3cccc([N+]4c5ccccc5N(c5ccc(CCCC)cc5)c5ccccc54)c3)c3ccccc32)cc1. The van der Waals surface area contributed by atoms with Crippen molar-refractivity contribution in [2.45, 2.75) is 52.4 Å². The van der Waals surface area contributed by atoms with Gasteiger partial charge in [0.2, 0.25) is 22.7 Å². The van der Waals surface area contributed by atoms with Crippen LogP contribution in [0.5, 0.6) is 0 Å². The lowest BCUT2D eigenvalue weighted by molar-refractivity contribution is 0.795. The number of hydrogen-bond acceptors (Lipinski definition) is 4. The van der Waals surface area contributed by atoms with Crippen LogP contribution in [0, 0.1) is 0 Å². The van der Waals surface area contributed by atoms with Crippen LogP contribution in [0.4, 0.5) is 68.2 Å². The molecule has 0 bridgehead atoms. The topological polar surface area (TPSA) is 18.3 Å². The van der Waals surface area contributed by atoms with Gasteiger partial charge in [-0.25, -0.2) is 0 Å². The molecule has 0 unspecified atom stereocenters. The largest absolute Gasteiger partial charge is 0.299 e. The van der Waals surface area contributed by atoms with Crippen molar-refractivity contribution in [2.24, 2.45) is 0 Å². The molecule has 0 atom stereocenters. The maximum absolute atomic E-state index is 2.43. The molecule has 264 valence electrons. The van der Waals surface area contributed by atoms with Crippen LogP contribution in [-0.4, -0.2) is 0 Å². The van der Waals surface area contributed by atoms with E-state index in [4.69, 9.17) is 0 Å². The predicted molar refractivity (Wildman–Crippen MR) is 228 cm³/mol. The van der Waals surface area contributed by atoms with Crippen molar-refractivity contribution < 1.29 is 0 Å². The molecule has 0 N–H and O–H groups in total. The molecule has 0 aliphatic carbocycles. The zero-order valence-electron chi connectivity index (χ0n) is 31.2. The molecule has 4 heteroatoms. The van der Waals surface area contributed by atoms with Gasteiger partial charge in [-0.05, 0) is 91.4 Å². The maximum atomic E-state index is 2.43. The minimum atomic E-state index is 1.11. The summed E-state index contributed by atoms with van der Waals surface area (Å²) in [5.74, 6) is 0. The molecule has 2 heterocycles. The lowest BCUT2D eigenvalue weighted by Gasteiger charge is -2.33. The monoisotopic (exact) mass is 702 g/mol. The molecule has 2 aliphatic heterocycles. The van der Waals surface area contributed by atoms with Gasteiger partial charge in [0.1, 0.15) is 22.7 Å². The van der Waals surface area contributed by atoms with Crippen molar-refractivity contribution in [1.29, 1.82) is 0 Å². The molecule has 54 heavy (non-hydrogen) atoms. The molecule has 2 aliphatic rings. The minimum Gasteiger partial charge on any atom is -0.299 e. The van der Waals surface area contributed by atoms with E-state index < -0.39 is 0 Å². The summed E-state index contributed by atoms with van der Waals surface area (Å²) in [4.78, 5) is 9.68. The third-order valence-electron chi connectivity index (χ3n) is 10.8. The highest BCUT2D eigenvalue weighted by molar-refractivity contribution is 5.98. The number of anilines is 12. The fraction of sp³-hybridized carbons (Fsp3) is 0.160. The van der Waals surface area contributed by atoms with Gasteiger partial charge in [-0.15, -0.1) is 0 Å².